The van der Waals surface area contributed by atoms with Crippen LogP contribution in [0.15, 0.2) is 12.7 Å². The van der Waals surface area contributed by atoms with Crippen LogP contribution in [0.5, 0.6) is 0 Å². The third-order valence-corrected chi connectivity index (χ3v) is 3.73. The van der Waals surface area contributed by atoms with Crippen LogP contribution in [-0.2, 0) is 21.1 Å². The fourth-order valence-electron chi connectivity index (χ4n) is 2.11. The van der Waals surface area contributed by atoms with E-state index in [0.29, 0.717) is 11.2 Å². The van der Waals surface area contributed by atoms with Crippen molar-refractivity contribution >= 4 is 35.5 Å². The standard InChI is InChI=1S/C9H12N5O5PS/c10-7-6-8(12-2-11-7)14(3-13-6)5-1-4(15)9(18-5)19-20(16,17)21/h2-5,9,15H,1H2,(H2,10,11,12)(H2,16,17,21)/t4-,5-,9-/m1/s1. The zero-order valence-corrected chi connectivity index (χ0v) is 12.2. The molecule has 3 atom stereocenters. The lowest BCUT2D eigenvalue weighted by Gasteiger charge is -2.18. The molecule has 3 heterocycles. The van der Waals surface area contributed by atoms with Gasteiger partial charge in [-0.3, -0.25) is 9.09 Å². The predicted octanol–water partition coefficient (Wildman–Crippen LogP) is -0.760. The molecule has 0 spiro atoms. The van der Waals surface area contributed by atoms with E-state index in [0.717, 1.165) is 0 Å². The van der Waals surface area contributed by atoms with Gasteiger partial charge >= 0.3 is 6.72 Å². The van der Waals surface area contributed by atoms with E-state index < -0.39 is 25.3 Å². The maximum Gasteiger partial charge on any atom is 0.324 e. The highest BCUT2D eigenvalue weighted by Crippen LogP contribution is 2.43. The van der Waals surface area contributed by atoms with E-state index in [1.54, 1.807) is 4.57 Å². The van der Waals surface area contributed by atoms with E-state index in [-0.39, 0.29) is 12.2 Å². The van der Waals surface area contributed by atoms with Crippen LogP contribution in [0.3, 0.4) is 0 Å². The van der Waals surface area contributed by atoms with Crippen LogP contribution in [0.25, 0.3) is 11.2 Å². The number of hydrogen-bond acceptors (Lipinski definition) is 8. The highest BCUT2D eigenvalue weighted by atomic mass is 32.5. The Hall–Kier alpha value is -1.20. The minimum atomic E-state index is -3.93. The summed E-state index contributed by atoms with van der Waals surface area (Å²) in [6.07, 6.45) is -0.0542. The topological polar surface area (TPSA) is 149 Å². The van der Waals surface area contributed by atoms with Crippen molar-refractivity contribution in [2.45, 2.75) is 25.0 Å². The van der Waals surface area contributed by atoms with E-state index in [2.05, 4.69) is 26.8 Å². The summed E-state index contributed by atoms with van der Waals surface area (Å²) in [5, 5.41) is 9.86. The molecular formula is C9H12N5O5PS. The number of rotatable bonds is 3. The van der Waals surface area contributed by atoms with Crippen LogP contribution in [0.4, 0.5) is 5.82 Å². The molecule has 0 aromatic carbocycles. The number of ether oxygens (including phenoxy) is 1. The molecule has 1 aliphatic rings. The molecule has 3 rings (SSSR count). The van der Waals surface area contributed by atoms with Gasteiger partial charge in [-0.05, 0) is 11.8 Å². The predicted molar refractivity (Wildman–Crippen MR) is 74.1 cm³/mol. The zero-order chi connectivity index (χ0) is 15.2. The molecule has 0 bridgehead atoms. The molecule has 0 saturated carbocycles. The molecule has 2 aromatic rings. The van der Waals surface area contributed by atoms with Crippen LogP contribution in [0.2, 0.25) is 0 Å². The summed E-state index contributed by atoms with van der Waals surface area (Å²) >= 11 is 4.36. The molecule has 1 fully saturated rings. The lowest BCUT2D eigenvalue weighted by Crippen LogP contribution is -2.22. The first-order valence-corrected chi connectivity index (χ1v) is 8.48. The number of hydrogen-bond donors (Lipinski definition) is 4. The van der Waals surface area contributed by atoms with Crippen molar-refractivity contribution in [1.29, 1.82) is 0 Å². The average Bonchev–Trinajstić information content (AvgIpc) is 2.93. The normalized spacial score (nSPS) is 26.5. The van der Waals surface area contributed by atoms with Gasteiger partial charge in [0.1, 0.15) is 24.2 Å². The second-order valence-corrected chi connectivity index (χ2v) is 7.06. The van der Waals surface area contributed by atoms with Gasteiger partial charge in [0, 0.05) is 6.42 Å². The third kappa shape index (κ3) is 2.90. The smallest absolute Gasteiger partial charge is 0.324 e. The number of nitrogens with zero attached hydrogens (tertiary/aromatic N) is 4. The van der Waals surface area contributed by atoms with Crippen molar-refractivity contribution in [1.82, 2.24) is 19.5 Å². The monoisotopic (exact) mass is 333 g/mol. The van der Waals surface area contributed by atoms with E-state index in [1.165, 1.54) is 12.7 Å². The van der Waals surface area contributed by atoms with Gasteiger partial charge in [0.25, 0.3) is 0 Å². The van der Waals surface area contributed by atoms with Crippen molar-refractivity contribution in [2.24, 2.45) is 0 Å². The van der Waals surface area contributed by atoms with Gasteiger partial charge in [-0.2, -0.15) is 0 Å². The molecule has 0 amide bonds. The van der Waals surface area contributed by atoms with Gasteiger partial charge in [0.2, 0.25) is 0 Å². The van der Waals surface area contributed by atoms with Crippen molar-refractivity contribution in [3.63, 3.8) is 0 Å². The highest BCUT2D eigenvalue weighted by Gasteiger charge is 2.39. The second kappa shape index (κ2) is 5.21. The van der Waals surface area contributed by atoms with E-state index in [4.69, 9.17) is 24.8 Å². The number of aliphatic hydroxyl groups is 1. The van der Waals surface area contributed by atoms with Gasteiger partial charge in [-0.15, -0.1) is 0 Å². The van der Waals surface area contributed by atoms with Crippen molar-refractivity contribution in [3.8, 4) is 0 Å². The molecule has 0 radical (unpaired) electrons. The lowest BCUT2D eigenvalue weighted by atomic mass is 10.2. The van der Waals surface area contributed by atoms with Gasteiger partial charge in [0.15, 0.2) is 17.8 Å². The van der Waals surface area contributed by atoms with Crippen LogP contribution in [-0.4, -0.2) is 46.8 Å². The highest BCUT2D eigenvalue weighted by molar-refractivity contribution is 8.06. The first-order valence-electron chi connectivity index (χ1n) is 5.85. The van der Waals surface area contributed by atoms with Gasteiger partial charge in [0.05, 0.1) is 6.33 Å². The van der Waals surface area contributed by atoms with Crippen LogP contribution >= 0.6 is 6.72 Å². The number of nitrogen functional groups attached to an aromatic ring is 1. The maximum absolute atomic E-state index is 9.86. The van der Waals surface area contributed by atoms with E-state index in [1.807, 2.05) is 0 Å². The minimum absolute atomic E-state index is 0.148. The number of aromatic nitrogens is 4. The summed E-state index contributed by atoms with van der Waals surface area (Å²) in [4.78, 5) is 30.2. The first kappa shape index (κ1) is 14.7. The minimum Gasteiger partial charge on any atom is -0.388 e. The van der Waals surface area contributed by atoms with Gasteiger partial charge in [-0.1, -0.05) is 0 Å². The quantitative estimate of drug-likeness (QED) is 0.528. The summed E-state index contributed by atoms with van der Waals surface area (Å²) < 4.78 is 11.7. The molecule has 0 aliphatic carbocycles. The Morgan fingerprint density at radius 2 is 2.19 bits per heavy atom. The Balaban J connectivity index is 1.88. The van der Waals surface area contributed by atoms with Crippen molar-refractivity contribution in [2.75, 3.05) is 5.73 Å². The van der Waals surface area contributed by atoms with Gasteiger partial charge < -0.3 is 25.4 Å². The maximum atomic E-state index is 9.86. The molecule has 5 N–H and O–H groups in total. The van der Waals surface area contributed by atoms with Crippen molar-refractivity contribution in [3.05, 3.63) is 12.7 Å². The Labute approximate surface area is 123 Å². The number of anilines is 1. The Kier molecular flexibility index (Phi) is 3.66. The van der Waals surface area contributed by atoms with Crippen molar-refractivity contribution < 1.29 is 24.2 Å². The molecule has 10 nitrogen and oxygen atoms in total. The molecule has 2 aromatic heterocycles. The van der Waals surface area contributed by atoms with Crippen LogP contribution in [0, 0.1) is 0 Å². The number of fused-ring (bicyclic) bond motifs is 1. The molecule has 1 saturated heterocycles. The fourth-order valence-corrected chi connectivity index (χ4v) is 2.82. The summed E-state index contributed by atoms with van der Waals surface area (Å²) in [6.45, 7) is -3.93. The number of nitrogens with two attached hydrogens (primary N) is 1. The van der Waals surface area contributed by atoms with Crippen LogP contribution in [0.1, 0.15) is 12.6 Å². The zero-order valence-electron chi connectivity index (χ0n) is 10.5. The fraction of sp³-hybridized carbons (Fsp3) is 0.444. The lowest BCUT2D eigenvalue weighted by molar-refractivity contribution is -0.128. The second-order valence-electron chi connectivity index (χ2n) is 4.44. The molecule has 114 valence electrons. The first-order chi connectivity index (χ1) is 9.85. The average molecular weight is 333 g/mol. The third-order valence-electron chi connectivity index (χ3n) is 2.99. The summed E-state index contributed by atoms with van der Waals surface area (Å²) in [5.74, 6) is 0.228. The Bertz CT molecular complexity index is 720. The van der Waals surface area contributed by atoms with E-state index in [9.17, 15) is 5.11 Å². The molecule has 0 unspecified atom stereocenters. The van der Waals surface area contributed by atoms with Gasteiger partial charge in [-0.25, -0.2) is 15.0 Å². The number of imidazole rings is 1. The molecule has 21 heavy (non-hydrogen) atoms. The summed E-state index contributed by atoms with van der Waals surface area (Å²) in [7, 11) is 0. The van der Waals surface area contributed by atoms with E-state index >= 15 is 0 Å². The SMILES string of the molecule is Nc1ncnc2c1ncn2[C@H]1C[C@@H](O)[C@@H](OP(O)(O)=S)O1. The Morgan fingerprint density at radius 1 is 1.43 bits per heavy atom. The largest absolute Gasteiger partial charge is 0.388 e. The molecule has 1 aliphatic heterocycles. The van der Waals surface area contributed by atoms with Crippen LogP contribution < -0.4 is 5.73 Å². The number of aliphatic hydroxyl groups excluding tert-OH is 1. The summed E-state index contributed by atoms with van der Waals surface area (Å²) in [6, 6.07) is 0. The molecular weight excluding hydrogens is 321 g/mol. The summed E-state index contributed by atoms with van der Waals surface area (Å²) in [5.41, 5.74) is 6.54. The molecule has 12 heteroatoms. The Morgan fingerprint density at radius 3 is 2.90 bits per heavy atom.